The van der Waals surface area contributed by atoms with Gasteiger partial charge < -0.3 is 10.1 Å². The molecule has 4 aromatic rings. The van der Waals surface area contributed by atoms with Gasteiger partial charge in [-0.15, -0.1) is 10.2 Å². The van der Waals surface area contributed by atoms with Gasteiger partial charge in [0.05, 0.1) is 18.0 Å². The van der Waals surface area contributed by atoms with Crippen LogP contribution in [0.25, 0.3) is 22.0 Å². The first-order chi connectivity index (χ1) is 15.1. The molecule has 0 aliphatic carbocycles. The molecule has 31 heavy (non-hydrogen) atoms. The monoisotopic (exact) mass is 449 g/mol. The predicted octanol–water partition coefficient (Wildman–Crippen LogP) is 6.08. The van der Waals surface area contributed by atoms with Crippen LogP contribution in [0.3, 0.4) is 0 Å². The molecule has 0 saturated carbocycles. The molecule has 0 saturated heterocycles. The summed E-state index contributed by atoms with van der Waals surface area (Å²) in [6.07, 6.45) is 0. The summed E-state index contributed by atoms with van der Waals surface area (Å²) in [5.74, 6) is 0.371. The molecule has 1 aromatic heterocycles. The molecule has 3 aromatic carbocycles. The molecule has 0 spiro atoms. The first-order valence-electron chi connectivity index (χ1n) is 9.68. The Morgan fingerprint density at radius 1 is 1.00 bits per heavy atom. The number of aromatic nitrogens is 2. The molecule has 4 rings (SSSR count). The molecule has 0 bridgehead atoms. The zero-order valence-corrected chi connectivity index (χ0v) is 18.6. The number of hydrogen-bond donors (Lipinski definition) is 1. The van der Waals surface area contributed by atoms with E-state index in [1.54, 1.807) is 25.3 Å². The minimum absolute atomic E-state index is 0.177. The van der Waals surface area contributed by atoms with Gasteiger partial charge in [0.15, 0.2) is 0 Å². The quantitative estimate of drug-likeness (QED) is 0.361. The molecule has 0 unspecified atom stereocenters. The molecule has 1 atom stereocenters. The highest BCUT2D eigenvalue weighted by Gasteiger charge is 2.20. The van der Waals surface area contributed by atoms with Crippen LogP contribution in [0.4, 0.5) is 5.69 Å². The Bertz CT molecular complexity index is 1230. The number of hydrogen-bond acceptors (Lipinski definition) is 5. The Balaban J connectivity index is 1.60. The lowest BCUT2D eigenvalue weighted by Crippen LogP contribution is -2.23. The molecular weight excluding hydrogens is 430 g/mol. The van der Waals surface area contributed by atoms with Crippen molar-refractivity contribution in [3.8, 4) is 17.0 Å². The van der Waals surface area contributed by atoms with Crippen molar-refractivity contribution in [3.63, 3.8) is 0 Å². The number of thioether (sulfide) groups is 1. The number of fused-ring (bicyclic) bond motifs is 1. The van der Waals surface area contributed by atoms with Crippen LogP contribution in [0.15, 0.2) is 77.8 Å². The Morgan fingerprint density at radius 3 is 2.45 bits per heavy atom. The van der Waals surface area contributed by atoms with Crippen LogP contribution in [0.5, 0.6) is 5.75 Å². The average Bonchev–Trinajstić information content (AvgIpc) is 2.80. The number of benzene rings is 3. The smallest absolute Gasteiger partial charge is 0.237 e. The number of anilines is 1. The van der Waals surface area contributed by atoms with Crippen LogP contribution in [-0.2, 0) is 4.79 Å². The molecule has 0 aliphatic rings. The highest BCUT2D eigenvalue weighted by molar-refractivity contribution is 8.00. The lowest BCUT2D eigenvalue weighted by atomic mass is 10.1. The summed E-state index contributed by atoms with van der Waals surface area (Å²) in [6.45, 7) is 1.83. The molecule has 1 amide bonds. The number of ether oxygens (including phenoxy) is 1. The maximum absolute atomic E-state index is 12.8. The van der Waals surface area contributed by atoms with Gasteiger partial charge in [-0.3, -0.25) is 4.79 Å². The molecule has 5 nitrogen and oxygen atoms in total. The van der Waals surface area contributed by atoms with Crippen molar-refractivity contribution in [1.29, 1.82) is 0 Å². The summed E-state index contributed by atoms with van der Waals surface area (Å²) in [4.78, 5) is 12.8. The van der Waals surface area contributed by atoms with E-state index in [-0.39, 0.29) is 5.91 Å². The van der Waals surface area contributed by atoms with Gasteiger partial charge in [-0.05, 0) is 25.1 Å². The Kier molecular flexibility index (Phi) is 6.39. The van der Waals surface area contributed by atoms with Crippen molar-refractivity contribution in [3.05, 3.63) is 77.8 Å². The highest BCUT2D eigenvalue weighted by Crippen LogP contribution is 2.34. The number of carbonyl (C=O) groups is 1. The van der Waals surface area contributed by atoms with E-state index in [4.69, 9.17) is 16.3 Å². The van der Waals surface area contributed by atoms with E-state index in [0.29, 0.717) is 21.5 Å². The van der Waals surface area contributed by atoms with E-state index in [9.17, 15) is 4.79 Å². The maximum Gasteiger partial charge on any atom is 0.237 e. The fourth-order valence-corrected chi connectivity index (χ4v) is 4.27. The zero-order chi connectivity index (χ0) is 21.8. The van der Waals surface area contributed by atoms with Gasteiger partial charge in [0, 0.05) is 21.4 Å². The Hall–Kier alpha value is -3.09. The summed E-state index contributed by atoms with van der Waals surface area (Å²) < 4.78 is 5.31. The lowest BCUT2D eigenvalue weighted by Gasteiger charge is -2.15. The van der Waals surface area contributed by atoms with Gasteiger partial charge in [-0.1, -0.05) is 78.0 Å². The van der Waals surface area contributed by atoms with Crippen molar-refractivity contribution < 1.29 is 9.53 Å². The molecule has 0 radical (unpaired) electrons. The molecular formula is C24H20ClN3O2S. The third kappa shape index (κ3) is 4.65. The Morgan fingerprint density at radius 2 is 1.71 bits per heavy atom. The second-order valence-corrected chi connectivity index (χ2v) is 8.63. The number of halogens is 1. The minimum atomic E-state index is -0.413. The number of rotatable bonds is 6. The normalized spacial score (nSPS) is 11.8. The third-order valence-electron chi connectivity index (χ3n) is 4.78. The van der Waals surface area contributed by atoms with Gasteiger partial charge in [0.2, 0.25) is 5.91 Å². The second kappa shape index (κ2) is 9.37. The largest absolute Gasteiger partial charge is 0.495 e. The van der Waals surface area contributed by atoms with Crippen LogP contribution >= 0.6 is 23.4 Å². The van der Waals surface area contributed by atoms with Crippen molar-refractivity contribution in [2.45, 2.75) is 17.2 Å². The summed E-state index contributed by atoms with van der Waals surface area (Å²) in [7, 11) is 1.55. The minimum Gasteiger partial charge on any atom is -0.495 e. The molecule has 1 heterocycles. The van der Waals surface area contributed by atoms with E-state index < -0.39 is 5.25 Å². The van der Waals surface area contributed by atoms with Gasteiger partial charge >= 0.3 is 0 Å². The number of carbonyl (C=O) groups excluding carboxylic acids is 1. The van der Waals surface area contributed by atoms with E-state index in [2.05, 4.69) is 15.5 Å². The standard InChI is InChI=1S/C24H20ClN3O2S/c1-15(23(29)26-20-14-17(25)12-13-21(20)30-2)31-24-19-11-7-6-10-18(19)22(27-28-24)16-8-4-3-5-9-16/h3-15H,1-2H3,(H,26,29)/t15-/m1/s1. The van der Waals surface area contributed by atoms with Crippen LogP contribution in [0, 0.1) is 0 Å². The SMILES string of the molecule is COc1ccc(Cl)cc1NC(=O)[C@@H](C)Sc1nnc(-c2ccccc2)c2ccccc12. The van der Waals surface area contributed by atoms with E-state index in [1.165, 1.54) is 11.8 Å². The van der Waals surface area contributed by atoms with Gasteiger partial charge in [0.25, 0.3) is 0 Å². The molecule has 0 aliphatic heterocycles. The molecule has 156 valence electrons. The summed E-state index contributed by atoms with van der Waals surface area (Å²) >= 11 is 7.43. The molecule has 1 N–H and O–H groups in total. The van der Waals surface area contributed by atoms with Gasteiger partial charge in [0.1, 0.15) is 16.5 Å². The first kappa shape index (κ1) is 21.2. The topological polar surface area (TPSA) is 64.1 Å². The summed E-state index contributed by atoms with van der Waals surface area (Å²) in [5.41, 5.74) is 2.35. The number of methoxy groups -OCH3 is 1. The van der Waals surface area contributed by atoms with Crippen LogP contribution in [0.2, 0.25) is 5.02 Å². The average molecular weight is 450 g/mol. The third-order valence-corrected chi connectivity index (χ3v) is 6.11. The van der Waals surface area contributed by atoms with Crippen molar-refractivity contribution >= 4 is 45.7 Å². The zero-order valence-electron chi connectivity index (χ0n) is 17.0. The van der Waals surface area contributed by atoms with Crippen LogP contribution in [0.1, 0.15) is 6.92 Å². The summed E-state index contributed by atoms with van der Waals surface area (Å²) in [5, 5.41) is 14.6. The Labute approximate surface area is 189 Å². The number of nitrogens with zero attached hydrogens (tertiary/aromatic N) is 2. The van der Waals surface area contributed by atoms with E-state index in [0.717, 1.165) is 22.0 Å². The van der Waals surface area contributed by atoms with E-state index >= 15 is 0 Å². The fourth-order valence-electron chi connectivity index (χ4n) is 3.21. The maximum atomic E-state index is 12.8. The predicted molar refractivity (Wildman–Crippen MR) is 127 cm³/mol. The first-order valence-corrected chi connectivity index (χ1v) is 10.9. The summed E-state index contributed by atoms with van der Waals surface area (Å²) in [6, 6.07) is 23.0. The van der Waals surface area contributed by atoms with E-state index in [1.807, 2.05) is 61.5 Å². The number of amides is 1. The van der Waals surface area contributed by atoms with Crippen molar-refractivity contribution in [2.24, 2.45) is 0 Å². The second-order valence-electron chi connectivity index (χ2n) is 6.86. The highest BCUT2D eigenvalue weighted by atomic mass is 35.5. The van der Waals surface area contributed by atoms with Gasteiger partial charge in [-0.2, -0.15) is 0 Å². The van der Waals surface area contributed by atoms with Crippen LogP contribution in [-0.4, -0.2) is 28.5 Å². The molecule has 7 heteroatoms. The van der Waals surface area contributed by atoms with Crippen molar-refractivity contribution in [1.82, 2.24) is 10.2 Å². The van der Waals surface area contributed by atoms with Gasteiger partial charge in [-0.25, -0.2) is 0 Å². The van der Waals surface area contributed by atoms with Crippen molar-refractivity contribution in [2.75, 3.05) is 12.4 Å². The number of nitrogens with one attached hydrogen (secondary N) is 1. The van der Waals surface area contributed by atoms with Crippen LogP contribution < -0.4 is 10.1 Å². The molecule has 0 fully saturated rings. The lowest BCUT2D eigenvalue weighted by molar-refractivity contribution is -0.115. The fraction of sp³-hybridized carbons (Fsp3) is 0.125.